The Kier molecular flexibility index (Phi) is 5.63. The van der Waals surface area contributed by atoms with Crippen molar-refractivity contribution in [2.45, 2.75) is 0 Å². The summed E-state index contributed by atoms with van der Waals surface area (Å²) in [4.78, 5) is 28.3. The molecular formula is C18H15N3O4S2. The standard InChI is InChI=1S/C18H15N3O4S2/c1-24-12-5-3-4-10(8-12)15(22)20-17(26)21-18-19-13-7-6-11(16(23)25-2)9-14(13)27-18/h3-9H,1-2H3,(H2,19,20,21,22,26). The lowest BCUT2D eigenvalue weighted by atomic mass is 10.2. The van der Waals surface area contributed by atoms with Crippen LogP contribution in [-0.2, 0) is 4.74 Å². The van der Waals surface area contributed by atoms with E-state index in [1.807, 2.05) is 0 Å². The molecule has 0 atom stereocenters. The van der Waals surface area contributed by atoms with Crippen LogP contribution in [0.5, 0.6) is 5.75 Å². The van der Waals surface area contributed by atoms with Crippen LogP contribution in [0, 0.1) is 0 Å². The lowest BCUT2D eigenvalue weighted by Gasteiger charge is -2.08. The van der Waals surface area contributed by atoms with Crippen molar-refractivity contribution < 1.29 is 19.1 Å². The summed E-state index contributed by atoms with van der Waals surface area (Å²) in [5.41, 5.74) is 1.57. The first-order valence-electron chi connectivity index (χ1n) is 7.75. The topological polar surface area (TPSA) is 89.5 Å². The van der Waals surface area contributed by atoms with Gasteiger partial charge in [0, 0.05) is 5.56 Å². The third kappa shape index (κ3) is 4.39. The molecule has 27 heavy (non-hydrogen) atoms. The van der Waals surface area contributed by atoms with Gasteiger partial charge in [0.1, 0.15) is 5.75 Å². The highest BCUT2D eigenvalue weighted by Crippen LogP contribution is 2.27. The molecule has 3 aromatic rings. The first kappa shape index (κ1) is 18.7. The number of amides is 1. The van der Waals surface area contributed by atoms with Gasteiger partial charge in [-0.25, -0.2) is 9.78 Å². The quantitative estimate of drug-likeness (QED) is 0.512. The second-order valence-corrected chi connectivity index (χ2v) is 6.77. The van der Waals surface area contributed by atoms with Crippen LogP contribution in [0.15, 0.2) is 42.5 Å². The van der Waals surface area contributed by atoms with E-state index in [2.05, 4.69) is 15.6 Å². The summed E-state index contributed by atoms with van der Waals surface area (Å²) >= 11 is 6.49. The smallest absolute Gasteiger partial charge is 0.337 e. The van der Waals surface area contributed by atoms with Crippen molar-refractivity contribution in [3.8, 4) is 5.75 Å². The molecule has 0 unspecified atom stereocenters. The van der Waals surface area contributed by atoms with E-state index in [0.717, 1.165) is 4.70 Å². The van der Waals surface area contributed by atoms with Crippen LogP contribution in [0.1, 0.15) is 20.7 Å². The molecule has 0 fully saturated rings. The molecule has 0 radical (unpaired) electrons. The first-order chi connectivity index (χ1) is 13.0. The average molecular weight is 401 g/mol. The lowest BCUT2D eigenvalue weighted by molar-refractivity contribution is 0.0600. The van der Waals surface area contributed by atoms with E-state index in [-0.39, 0.29) is 11.0 Å². The minimum absolute atomic E-state index is 0.120. The molecule has 9 heteroatoms. The average Bonchev–Trinajstić information content (AvgIpc) is 3.08. The number of rotatable bonds is 4. The number of carbonyl (C=O) groups excluding carboxylic acids is 2. The molecule has 1 aromatic heterocycles. The minimum atomic E-state index is -0.416. The Bertz CT molecular complexity index is 1030. The molecule has 2 aromatic carbocycles. The van der Waals surface area contributed by atoms with Gasteiger partial charge in [-0.3, -0.25) is 10.1 Å². The van der Waals surface area contributed by atoms with E-state index >= 15 is 0 Å². The van der Waals surface area contributed by atoms with E-state index < -0.39 is 5.97 Å². The number of esters is 1. The molecule has 0 saturated heterocycles. The summed E-state index contributed by atoms with van der Waals surface area (Å²) in [5.74, 6) is -0.199. The maximum Gasteiger partial charge on any atom is 0.337 e. The third-order valence-corrected chi connectivity index (χ3v) is 4.73. The number of nitrogens with zero attached hydrogens (tertiary/aromatic N) is 1. The summed E-state index contributed by atoms with van der Waals surface area (Å²) in [6.07, 6.45) is 0. The molecule has 0 saturated carbocycles. The maximum absolute atomic E-state index is 12.3. The van der Waals surface area contributed by atoms with Crippen LogP contribution in [-0.4, -0.2) is 36.2 Å². The molecule has 0 spiro atoms. The molecule has 0 aliphatic rings. The fourth-order valence-corrected chi connectivity index (χ4v) is 3.45. The SMILES string of the molecule is COC(=O)c1ccc2nc(NC(=S)NC(=O)c3cccc(OC)c3)sc2c1. The Morgan fingerprint density at radius 3 is 2.67 bits per heavy atom. The summed E-state index contributed by atoms with van der Waals surface area (Å²) in [6.45, 7) is 0. The van der Waals surface area contributed by atoms with Crippen molar-refractivity contribution in [1.82, 2.24) is 10.3 Å². The van der Waals surface area contributed by atoms with Gasteiger partial charge in [0.25, 0.3) is 5.91 Å². The Balaban J connectivity index is 1.70. The van der Waals surface area contributed by atoms with Gasteiger partial charge in [-0.15, -0.1) is 0 Å². The summed E-state index contributed by atoms with van der Waals surface area (Å²) in [7, 11) is 2.86. The number of hydrogen-bond donors (Lipinski definition) is 2. The second kappa shape index (κ2) is 8.11. The number of carbonyl (C=O) groups is 2. The van der Waals surface area contributed by atoms with Crippen molar-refractivity contribution in [2.75, 3.05) is 19.5 Å². The van der Waals surface area contributed by atoms with E-state index in [0.29, 0.717) is 27.5 Å². The highest BCUT2D eigenvalue weighted by molar-refractivity contribution is 7.80. The van der Waals surface area contributed by atoms with Gasteiger partial charge in [0.15, 0.2) is 10.2 Å². The molecule has 138 valence electrons. The molecule has 1 amide bonds. The van der Waals surface area contributed by atoms with Gasteiger partial charge >= 0.3 is 5.97 Å². The summed E-state index contributed by atoms with van der Waals surface area (Å²) < 4.78 is 10.6. The zero-order valence-electron chi connectivity index (χ0n) is 14.4. The second-order valence-electron chi connectivity index (χ2n) is 5.33. The number of benzene rings is 2. The number of ether oxygens (including phenoxy) is 2. The van der Waals surface area contributed by atoms with Crippen LogP contribution in [0.2, 0.25) is 0 Å². The van der Waals surface area contributed by atoms with E-state index in [1.165, 1.54) is 25.6 Å². The summed E-state index contributed by atoms with van der Waals surface area (Å²) in [5, 5.41) is 6.10. The monoisotopic (exact) mass is 401 g/mol. The fraction of sp³-hybridized carbons (Fsp3) is 0.111. The number of anilines is 1. The molecule has 0 bridgehead atoms. The highest BCUT2D eigenvalue weighted by atomic mass is 32.1. The number of methoxy groups -OCH3 is 2. The van der Waals surface area contributed by atoms with Crippen molar-refractivity contribution in [3.05, 3.63) is 53.6 Å². The van der Waals surface area contributed by atoms with Gasteiger partial charge in [-0.05, 0) is 48.6 Å². The molecule has 0 aliphatic carbocycles. The zero-order valence-corrected chi connectivity index (χ0v) is 16.1. The fourth-order valence-electron chi connectivity index (χ4n) is 2.29. The van der Waals surface area contributed by atoms with Crippen molar-refractivity contribution in [2.24, 2.45) is 0 Å². The first-order valence-corrected chi connectivity index (χ1v) is 8.98. The van der Waals surface area contributed by atoms with E-state index in [9.17, 15) is 9.59 Å². The number of thiazole rings is 1. The predicted octanol–water partition coefficient (Wildman–Crippen LogP) is 3.22. The lowest BCUT2D eigenvalue weighted by Crippen LogP contribution is -2.34. The van der Waals surface area contributed by atoms with Crippen molar-refractivity contribution >= 4 is 55.9 Å². The van der Waals surface area contributed by atoms with Gasteiger partial charge in [-0.1, -0.05) is 17.4 Å². The third-order valence-electron chi connectivity index (χ3n) is 3.59. The molecule has 1 heterocycles. The number of hydrogen-bond acceptors (Lipinski definition) is 7. The van der Waals surface area contributed by atoms with Crippen LogP contribution in [0.4, 0.5) is 5.13 Å². The number of nitrogens with one attached hydrogen (secondary N) is 2. The Hall–Kier alpha value is -3.04. The molecule has 3 rings (SSSR count). The maximum atomic E-state index is 12.3. The van der Waals surface area contributed by atoms with Crippen LogP contribution in [0.25, 0.3) is 10.2 Å². The van der Waals surface area contributed by atoms with Gasteiger partial charge in [-0.2, -0.15) is 0 Å². The number of aromatic nitrogens is 1. The van der Waals surface area contributed by atoms with Gasteiger partial charge in [0.05, 0.1) is 30.0 Å². The largest absolute Gasteiger partial charge is 0.497 e. The predicted molar refractivity (Wildman–Crippen MR) is 108 cm³/mol. The molecule has 0 aliphatic heterocycles. The molecule has 2 N–H and O–H groups in total. The van der Waals surface area contributed by atoms with E-state index in [1.54, 1.807) is 42.5 Å². The minimum Gasteiger partial charge on any atom is -0.497 e. The van der Waals surface area contributed by atoms with E-state index in [4.69, 9.17) is 21.7 Å². The van der Waals surface area contributed by atoms with Crippen LogP contribution < -0.4 is 15.4 Å². The van der Waals surface area contributed by atoms with Crippen LogP contribution >= 0.6 is 23.6 Å². The Morgan fingerprint density at radius 2 is 1.93 bits per heavy atom. The van der Waals surface area contributed by atoms with Crippen LogP contribution in [0.3, 0.4) is 0 Å². The number of thiocarbonyl (C=S) groups is 1. The van der Waals surface area contributed by atoms with Gasteiger partial charge in [0.2, 0.25) is 0 Å². The normalized spacial score (nSPS) is 10.3. The Morgan fingerprint density at radius 1 is 1.11 bits per heavy atom. The summed E-state index contributed by atoms with van der Waals surface area (Å²) in [6, 6.07) is 11.8. The Labute approximate surface area is 164 Å². The zero-order chi connectivity index (χ0) is 19.4. The molecule has 7 nitrogen and oxygen atoms in total. The number of fused-ring (bicyclic) bond motifs is 1. The van der Waals surface area contributed by atoms with Crippen molar-refractivity contribution in [3.63, 3.8) is 0 Å². The molecular weight excluding hydrogens is 386 g/mol. The highest BCUT2D eigenvalue weighted by Gasteiger charge is 2.12. The van der Waals surface area contributed by atoms with Gasteiger partial charge < -0.3 is 14.8 Å². The van der Waals surface area contributed by atoms with Crippen molar-refractivity contribution in [1.29, 1.82) is 0 Å².